The van der Waals surface area contributed by atoms with Crippen LogP contribution in [0.3, 0.4) is 0 Å². The molecule has 17 heavy (non-hydrogen) atoms. The number of carbonyl (C=O) groups is 1. The highest BCUT2D eigenvalue weighted by atomic mass is 79.9. The highest BCUT2D eigenvalue weighted by Crippen LogP contribution is 2.18. The summed E-state index contributed by atoms with van der Waals surface area (Å²) in [5.41, 5.74) is 0.147. The number of carbonyl (C=O) groups excluding carboxylic acids is 1. The summed E-state index contributed by atoms with van der Waals surface area (Å²) in [6, 6.07) is 6.43. The topological polar surface area (TPSA) is 74.8 Å². The summed E-state index contributed by atoms with van der Waals surface area (Å²) < 4.78 is 0.515. The number of H-pyrrole nitrogens is 1. The number of aromatic amines is 1. The Kier molecular flexibility index (Phi) is 3.34. The van der Waals surface area contributed by atoms with Crippen LogP contribution in [0.1, 0.15) is 10.4 Å². The van der Waals surface area contributed by atoms with Gasteiger partial charge in [0.15, 0.2) is 0 Å². The first kappa shape index (κ1) is 11.5. The van der Waals surface area contributed by atoms with Gasteiger partial charge in [-0.05, 0) is 40.2 Å². The molecule has 0 aliphatic rings. The monoisotopic (exact) mass is 293 g/mol. The zero-order valence-electron chi connectivity index (χ0n) is 8.61. The third kappa shape index (κ3) is 2.59. The molecule has 2 rings (SSSR count). The van der Waals surface area contributed by atoms with Crippen molar-refractivity contribution < 1.29 is 4.79 Å². The number of halogens is 1. The largest absolute Gasteiger partial charge is 0.328 e. The highest BCUT2D eigenvalue weighted by molar-refractivity contribution is 9.10. The first-order valence-electron chi connectivity index (χ1n) is 4.78. The van der Waals surface area contributed by atoms with Crippen LogP contribution in [-0.2, 0) is 0 Å². The van der Waals surface area contributed by atoms with E-state index in [9.17, 15) is 9.59 Å². The standard InChI is InChI=1S/C11H8BrN3O2/c12-9-8(4-2-5-13-9)15-11(17)7-3-1-6-14-10(7)16/h1-6H,(H,14,16)(H,15,17). The fourth-order valence-electron chi connectivity index (χ4n) is 1.27. The second-order valence-electron chi connectivity index (χ2n) is 3.21. The molecule has 6 heteroatoms. The lowest BCUT2D eigenvalue weighted by Gasteiger charge is -2.05. The molecule has 0 aliphatic carbocycles. The first-order chi connectivity index (χ1) is 8.18. The van der Waals surface area contributed by atoms with E-state index in [1.807, 2.05) is 0 Å². The Labute approximate surface area is 105 Å². The average Bonchev–Trinajstić information content (AvgIpc) is 2.32. The molecule has 0 aliphatic heterocycles. The zero-order valence-corrected chi connectivity index (χ0v) is 10.2. The second-order valence-corrected chi connectivity index (χ2v) is 3.96. The summed E-state index contributed by atoms with van der Waals surface area (Å²) >= 11 is 3.20. The van der Waals surface area contributed by atoms with Crippen LogP contribution in [-0.4, -0.2) is 15.9 Å². The maximum atomic E-state index is 11.8. The number of hydrogen-bond acceptors (Lipinski definition) is 3. The zero-order chi connectivity index (χ0) is 12.3. The van der Waals surface area contributed by atoms with Gasteiger partial charge in [0.1, 0.15) is 10.2 Å². The van der Waals surface area contributed by atoms with Crippen LogP contribution < -0.4 is 10.9 Å². The number of nitrogens with one attached hydrogen (secondary N) is 2. The maximum Gasteiger partial charge on any atom is 0.261 e. The average molecular weight is 294 g/mol. The van der Waals surface area contributed by atoms with E-state index in [1.54, 1.807) is 24.4 Å². The van der Waals surface area contributed by atoms with Gasteiger partial charge in [-0.25, -0.2) is 4.98 Å². The van der Waals surface area contributed by atoms with Gasteiger partial charge in [0.25, 0.3) is 11.5 Å². The molecule has 2 N–H and O–H groups in total. The van der Waals surface area contributed by atoms with Gasteiger partial charge < -0.3 is 10.3 Å². The smallest absolute Gasteiger partial charge is 0.261 e. The van der Waals surface area contributed by atoms with E-state index in [0.717, 1.165) is 0 Å². The first-order valence-corrected chi connectivity index (χ1v) is 5.57. The van der Waals surface area contributed by atoms with Crippen LogP contribution in [0.2, 0.25) is 0 Å². The van der Waals surface area contributed by atoms with E-state index in [0.29, 0.717) is 10.3 Å². The Morgan fingerprint density at radius 1 is 1.35 bits per heavy atom. The normalized spacial score (nSPS) is 9.94. The van der Waals surface area contributed by atoms with E-state index in [-0.39, 0.29) is 5.56 Å². The molecule has 0 saturated heterocycles. The van der Waals surface area contributed by atoms with Gasteiger partial charge in [-0.15, -0.1) is 0 Å². The Balaban J connectivity index is 2.27. The van der Waals surface area contributed by atoms with Crippen LogP contribution in [0.25, 0.3) is 0 Å². The van der Waals surface area contributed by atoms with Crippen LogP contribution in [0.5, 0.6) is 0 Å². The predicted octanol–water partition coefficient (Wildman–Crippen LogP) is 1.78. The quantitative estimate of drug-likeness (QED) is 0.829. The van der Waals surface area contributed by atoms with E-state index in [4.69, 9.17) is 0 Å². The summed E-state index contributed by atoms with van der Waals surface area (Å²) in [5.74, 6) is -0.472. The number of hydrogen-bond donors (Lipinski definition) is 2. The van der Waals surface area contributed by atoms with Gasteiger partial charge >= 0.3 is 0 Å². The van der Waals surface area contributed by atoms with Crippen molar-refractivity contribution in [1.82, 2.24) is 9.97 Å². The van der Waals surface area contributed by atoms with Gasteiger partial charge in [-0.2, -0.15) is 0 Å². The van der Waals surface area contributed by atoms with E-state index < -0.39 is 11.5 Å². The van der Waals surface area contributed by atoms with E-state index in [1.165, 1.54) is 12.3 Å². The molecule has 2 aromatic rings. The molecule has 0 fully saturated rings. The lowest BCUT2D eigenvalue weighted by molar-refractivity contribution is 0.102. The molecule has 0 unspecified atom stereocenters. The van der Waals surface area contributed by atoms with Gasteiger partial charge in [-0.3, -0.25) is 9.59 Å². The van der Waals surface area contributed by atoms with Gasteiger partial charge in [-0.1, -0.05) is 0 Å². The molecule has 0 aromatic carbocycles. The Morgan fingerprint density at radius 3 is 2.88 bits per heavy atom. The number of aromatic nitrogens is 2. The molecule has 86 valence electrons. The molecule has 2 heterocycles. The summed E-state index contributed by atoms with van der Waals surface area (Å²) in [5, 5.41) is 2.60. The maximum absolute atomic E-state index is 11.8. The fraction of sp³-hybridized carbons (Fsp3) is 0. The third-order valence-corrected chi connectivity index (χ3v) is 2.70. The van der Waals surface area contributed by atoms with Crippen molar-refractivity contribution in [2.75, 3.05) is 5.32 Å². The van der Waals surface area contributed by atoms with Gasteiger partial charge in [0.2, 0.25) is 0 Å². The number of nitrogens with zero attached hydrogens (tertiary/aromatic N) is 1. The summed E-state index contributed by atoms with van der Waals surface area (Å²) in [6.45, 7) is 0. The van der Waals surface area contributed by atoms with E-state index in [2.05, 4.69) is 31.2 Å². The van der Waals surface area contributed by atoms with Crippen LogP contribution in [0, 0.1) is 0 Å². The summed E-state index contributed by atoms with van der Waals surface area (Å²) in [6.07, 6.45) is 3.06. The van der Waals surface area contributed by atoms with Crippen LogP contribution in [0.4, 0.5) is 5.69 Å². The van der Waals surface area contributed by atoms with Gasteiger partial charge in [0.05, 0.1) is 5.69 Å². The van der Waals surface area contributed by atoms with Crippen LogP contribution in [0.15, 0.2) is 46.1 Å². The van der Waals surface area contributed by atoms with Crippen molar-refractivity contribution >= 4 is 27.5 Å². The molecular weight excluding hydrogens is 286 g/mol. The lowest BCUT2D eigenvalue weighted by Crippen LogP contribution is -2.22. The molecule has 1 amide bonds. The predicted molar refractivity (Wildman–Crippen MR) is 67.0 cm³/mol. The molecule has 0 atom stereocenters. The third-order valence-electron chi connectivity index (χ3n) is 2.07. The second kappa shape index (κ2) is 4.92. The molecule has 5 nitrogen and oxygen atoms in total. The molecular formula is C11H8BrN3O2. The van der Waals surface area contributed by atoms with Crippen molar-refractivity contribution in [3.05, 3.63) is 57.2 Å². The number of anilines is 1. The van der Waals surface area contributed by atoms with Crippen LogP contribution >= 0.6 is 15.9 Å². The molecule has 0 spiro atoms. The Hall–Kier alpha value is -1.95. The number of rotatable bonds is 2. The fourth-order valence-corrected chi connectivity index (χ4v) is 1.62. The van der Waals surface area contributed by atoms with Crippen molar-refractivity contribution in [3.8, 4) is 0 Å². The minimum absolute atomic E-state index is 0.0586. The van der Waals surface area contributed by atoms with Crippen molar-refractivity contribution in [2.24, 2.45) is 0 Å². The highest BCUT2D eigenvalue weighted by Gasteiger charge is 2.11. The molecule has 0 bridgehead atoms. The minimum Gasteiger partial charge on any atom is -0.328 e. The summed E-state index contributed by atoms with van der Waals surface area (Å²) in [7, 11) is 0. The summed E-state index contributed by atoms with van der Waals surface area (Å²) in [4.78, 5) is 29.6. The van der Waals surface area contributed by atoms with Crippen molar-refractivity contribution in [2.45, 2.75) is 0 Å². The number of amides is 1. The van der Waals surface area contributed by atoms with Gasteiger partial charge in [0, 0.05) is 12.4 Å². The van der Waals surface area contributed by atoms with Crippen molar-refractivity contribution in [1.29, 1.82) is 0 Å². The molecule has 2 aromatic heterocycles. The molecule has 0 radical (unpaired) electrons. The minimum atomic E-state index is -0.472. The molecule has 0 saturated carbocycles. The Morgan fingerprint density at radius 2 is 2.18 bits per heavy atom. The Bertz CT molecular complexity index is 609. The number of pyridine rings is 2. The lowest BCUT2D eigenvalue weighted by atomic mass is 10.2. The van der Waals surface area contributed by atoms with Crippen molar-refractivity contribution in [3.63, 3.8) is 0 Å². The SMILES string of the molecule is O=C(Nc1cccnc1Br)c1ccc[nH]c1=O. The van der Waals surface area contributed by atoms with E-state index >= 15 is 0 Å².